The Labute approximate surface area is 147 Å². The lowest BCUT2D eigenvalue weighted by molar-refractivity contribution is -0.137. The van der Waals surface area contributed by atoms with Crippen LogP contribution in [-0.2, 0) is 11.0 Å². The Hall–Kier alpha value is -2.54. The second kappa shape index (κ2) is 7.57. The number of nitrogens with one attached hydrogen (secondary N) is 1. The van der Waals surface area contributed by atoms with Gasteiger partial charge in [0.25, 0.3) is 5.91 Å². The maximum atomic E-state index is 12.8. The van der Waals surface area contributed by atoms with E-state index in [1.165, 1.54) is 7.05 Å². The number of benzene rings is 2. The summed E-state index contributed by atoms with van der Waals surface area (Å²) in [5.41, 5.74) is -0.634. The van der Waals surface area contributed by atoms with Gasteiger partial charge in [0.15, 0.2) is 0 Å². The van der Waals surface area contributed by atoms with Crippen LogP contribution in [0.2, 0.25) is 5.02 Å². The Kier molecular flexibility index (Phi) is 5.69. The number of hydrogen-bond acceptors (Lipinski definition) is 2. The lowest BCUT2D eigenvalue weighted by Crippen LogP contribution is -2.38. The summed E-state index contributed by atoms with van der Waals surface area (Å²) in [7, 11) is 1.29. The minimum Gasteiger partial charge on any atom is -0.343 e. The van der Waals surface area contributed by atoms with Crippen molar-refractivity contribution in [3.8, 4) is 0 Å². The van der Waals surface area contributed by atoms with Crippen LogP contribution < -0.4 is 10.2 Å². The number of nitrogens with zero attached hydrogens (tertiary/aromatic N) is 1. The third-order valence-electron chi connectivity index (χ3n) is 3.45. The maximum Gasteiger partial charge on any atom is 0.416 e. The van der Waals surface area contributed by atoms with Gasteiger partial charge in [0.2, 0.25) is 5.91 Å². The third-order valence-corrected chi connectivity index (χ3v) is 3.76. The highest BCUT2D eigenvalue weighted by Gasteiger charge is 2.31. The van der Waals surface area contributed by atoms with Crippen molar-refractivity contribution in [1.82, 2.24) is 5.32 Å². The van der Waals surface area contributed by atoms with Crippen molar-refractivity contribution < 1.29 is 22.8 Å². The van der Waals surface area contributed by atoms with E-state index in [0.29, 0.717) is 5.56 Å². The van der Waals surface area contributed by atoms with Crippen LogP contribution in [0, 0.1) is 0 Å². The van der Waals surface area contributed by atoms with Crippen LogP contribution in [0.1, 0.15) is 15.9 Å². The average Bonchev–Trinajstić information content (AvgIpc) is 2.58. The Morgan fingerprint density at radius 1 is 1.12 bits per heavy atom. The topological polar surface area (TPSA) is 49.4 Å². The van der Waals surface area contributed by atoms with Gasteiger partial charge in [0, 0.05) is 12.6 Å². The molecule has 0 atom stereocenters. The summed E-state index contributed by atoms with van der Waals surface area (Å²) in [6.45, 7) is -0.378. The predicted molar refractivity (Wildman–Crippen MR) is 88.6 cm³/mol. The van der Waals surface area contributed by atoms with Crippen LogP contribution >= 0.6 is 11.6 Å². The zero-order chi connectivity index (χ0) is 18.6. The average molecular weight is 371 g/mol. The van der Waals surface area contributed by atoms with E-state index in [0.717, 1.165) is 23.1 Å². The lowest BCUT2D eigenvalue weighted by Gasteiger charge is -2.20. The first-order valence-electron chi connectivity index (χ1n) is 7.16. The fourth-order valence-electron chi connectivity index (χ4n) is 2.05. The number of hydrogen-bond donors (Lipinski definition) is 1. The normalized spacial score (nSPS) is 11.1. The summed E-state index contributed by atoms with van der Waals surface area (Å²) in [4.78, 5) is 25.0. The fraction of sp³-hybridized carbons (Fsp3) is 0.176. The zero-order valence-electron chi connectivity index (χ0n) is 13.1. The maximum absolute atomic E-state index is 12.8. The van der Waals surface area contributed by atoms with Gasteiger partial charge in [0.05, 0.1) is 22.8 Å². The molecule has 2 amide bonds. The van der Waals surface area contributed by atoms with Crippen molar-refractivity contribution in [3.63, 3.8) is 0 Å². The summed E-state index contributed by atoms with van der Waals surface area (Å²) in [5, 5.41) is 2.42. The van der Waals surface area contributed by atoms with E-state index in [9.17, 15) is 22.8 Å². The van der Waals surface area contributed by atoms with Gasteiger partial charge in [-0.15, -0.1) is 0 Å². The minimum atomic E-state index is -4.55. The molecule has 8 heteroatoms. The highest BCUT2D eigenvalue weighted by Crippen LogP contribution is 2.35. The molecule has 0 heterocycles. The largest absolute Gasteiger partial charge is 0.416 e. The first kappa shape index (κ1) is 18.8. The number of rotatable bonds is 4. The van der Waals surface area contributed by atoms with Gasteiger partial charge >= 0.3 is 6.18 Å². The number of anilines is 1. The second-order valence-corrected chi connectivity index (χ2v) is 5.57. The molecule has 0 aliphatic heterocycles. The molecule has 2 aromatic carbocycles. The molecular weight excluding hydrogens is 357 g/mol. The number of likely N-dealkylation sites (N-methyl/N-ethyl adjacent to an activating group) is 1. The molecule has 132 valence electrons. The van der Waals surface area contributed by atoms with E-state index in [-0.39, 0.29) is 17.3 Å². The molecule has 0 aromatic heterocycles. The Bertz CT molecular complexity index is 779. The molecule has 0 radical (unpaired) electrons. The molecule has 0 spiro atoms. The smallest absolute Gasteiger partial charge is 0.343 e. The van der Waals surface area contributed by atoms with Gasteiger partial charge in [-0.25, -0.2) is 0 Å². The molecule has 0 saturated carbocycles. The minimum absolute atomic E-state index is 0.00163. The van der Waals surface area contributed by atoms with E-state index in [1.807, 2.05) is 0 Å². The summed E-state index contributed by atoms with van der Waals surface area (Å²) in [6, 6.07) is 10.9. The molecule has 4 nitrogen and oxygen atoms in total. The van der Waals surface area contributed by atoms with Crippen molar-refractivity contribution in [3.05, 3.63) is 64.7 Å². The molecule has 2 rings (SSSR count). The molecule has 0 unspecified atom stereocenters. The van der Waals surface area contributed by atoms with Gasteiger partial charge in [0.1, 0.15) is 0 Å². The van der Waals surface area contributed by atoms with Gasteiger partial charge < -0.3 is 10.2 Å². The number of carbonyl (C=O) groups is 2. The van der Waals surface area contributed by atoms with E-state index in [1.54, 1.807) is 30.3 Å². The van der Waals surface area contributed by atoms with Crippen molar-refractivity contribution >= 4 is 29.1 Å². The summed E-state index contributed by atoms with van der Waals surface area (Å²) in [6.07, 6.45) is -4.55. The van der Waals surface area contributed by atoms with E-state index in [2.05, 4.69) is 5.32 Å². The molecular formula is C17H14ClF3N2O2. The summed E-state index contributed by atoms with van der Waals surface area (Å²) < 4.78 is 38.4. The standard InChI is InChI=1S/C17H14ClF3N2O2/c1-23(14-9-12(17(19,20)21)7-8-13(14)18)15(24)10-22-16(25)11-5-3-2-4-6-11/h2-9H,10H2,1H3,(H,22,25). The Balaban J connectivity index is 2.08. The van der Waals surface area contributed by atoms with Crippen molar-refractivity contribution in [1.29, 1.82) is 0 Å². The first-order valence-corrected chi connectivity index (χ1v) is 7.54. The van der Waals surface area contributed by atoms with Crippen LogP contribution in [0.15, 0.2) is 48.5 Å². The molecule has 2 aromatic rings. The number of halogens is 4. The molecule has 1 N–H and O–H groups in total. The highest BCUT2D eigenvalue weighted by molar-refractivity contribution is 6.33. The van der Waals surface area contributed by atoms with Crippen molar-refractivity contribution in [2.24, 2.45) is 0 Å². The fourth-order valence-corrected chi connectivity index (χ4v) is 2.29. The van der Waals surface area contributed by atoms with Crippen LogP contribution in [0.25, 0.3) is 0 Å². The van der Waals surface area contributed by atoms with Crippen molar-refractivity contribution in [2.75, 3.05) is 18.5 Å². The van der Waals surface area contributed by atoms with Crippen LogP contribution in [-0.4, -0.2) is 25.4 Å². The summed E-state index contributed by atoms with van der Waals surface area (Å²) in [5.74, 6) is -1.07. The van der Waals surface area contributed by atoms with E-state index >= 15 is 0 Å². The Morgan fingerprint density at radius 3 is 2.36 bits per heavy atom. The first-order chi connectivity index (χ1) is 11.7. The molecule has 0 fully saturated rings. The SMILES string of the molecule is CN(C(=O)CNC(=O)c1ccccc1)c1cc(C(F)(F)F)ccc1Cl. The van der Waals surface area contributed by atoms with Gasteiger partial charge in [-0.2, -0.15) is 13.2 Å². The predicted octanol–water partition coefficient (Wildman–Crippen LogP) is 3.75. The van der Waals surface area contributed by atoms with E-state index < -0.39 is 23.6 Å². The summed E-state index contributed by atoms with van der Waals surface area (Å²) >= 11 is 5.90. The van der Waals surface area contributed by atoms with Crippen LogP contribution in [0.5, 0.6) is 0 Å². The monoisotopic (exact) mass is 370 g/mol. The van der Waals surface area contributed by atoms with Crippen molar-refractivity contribution in [2.45, 2.75) is 6.18 Å². The third kappa shape index (κ3) is 4.73. The quantitative estimate of drug-likeness (QED) is 0.891. The lowest BCUT2D eigenvalue weighted by atomic mass is 10.2. The van der Waals surface area contributed by atoms with Crippen LogP contribution in [0.3, 0.4) is 0 Å². The molecule has 25 heavy (non-hydrogen) atoms. The van der Waals surface area contributed by atoms with E-state index in [4.69, 9.17) is 11.6 Å². The number of amides is 2. The zero-order valence-corrected chi connectivity index (χ0v) is 13.9. The molecule has 0 aliphatic carbocycles. The highest BCUT2D eigenvalue weighted by atomic mass is 35.5. The van der Waals surface area contributed by atoms with Gasteiger partial charge in [-0.3, -0.25) is 9.59 Å². The Morgan fingerprint density at radius 2 is 1.76 bits per heavy atom. The van der Waals surface area contributed by atoms with Gasteiger partial charge in [-0.05, 0) is 30.3 Å². The number of alkyl halides is 3. The number of carbonyl (C=O) groups excluding carboxylic acids is 2. The molecule has 0 bridgehead atoms. The van der Waals surface area contributed by atoms with Gasteiger partial charge in [-0.1, -0.05) is 29.8 Å². The molecule has 0 saturated heterocycles. The van der Waals surface area contributed by atoms with Crippen LogP contribution in [0.4, 0.5) is 18.9 Å². The molecule has 0 aliphatic rings. The second-order valence-electron chi connectivity index (χ2n) is 5.17.